The molecule has 2 aromatic carbocycles. The van der Waals surface area contributed by atoms with E-state index in [1.165, 1.54) is 0 Å². The first kappa shape index (κ1) is 20.2. The van der Waals surface area contributed by atoms with Crippen molar-refractivity contribution in [3.05, 3.63) is 59.2 Å². The Hall–Kier alpha value is -3.15. The third-order valence-electron chi connectivity index (χ3n) is 4.10. The van der Waals surface area contributed by atoms with E-state index in [1.807, 2.05) is 26.0 Å². The van der Waals surface area contributed by atoms with Gasteiger partial charge in [0.2, 0.25) is 0 Å². The van der Waals surface area contributed by atoms with Crippen LogP contribution >= 0.6 is 0 Å². The number of carbonyl (C=O) groups is 3. The standard InChI is InChI=1S/C21H23NO5/c1-4-19(23)16-8-10-17(11-9-16)26-13-21(25)27-12-20(24)22-18-7-5-6-14(2)15(18)3/h5-11H,4,12-13H2,1-3H3,(H,22,24). The van der Waals surface area contributed by atoms with Crippen LogP contribution in [0.5, 0.6) is 5.75 Å². The molecule has 1 amide bonds. The predicted octanol–water partition coefficient (Wildman–Crippen LogP) is 3.46. The van der Waals surface area contributed by atoms with Crippen LogP contribution in [0.3, 0.4) is 0 Å². The molecular weight excluding hydrogens is 346 g/mol. The molecule has 0 spiro atoms. The maximum atomic E-state index is 11.9. The van der Waals surface area contributed by atoms with Crippen LogP contribution in [0.15, 0.2) is 42.5 Å². The highest BCUT2D eigenvalue weighted by atomic mass is 16.6. The van der Waals surface area contributed by atoms with E-state index in [2.05, 4.69) is 5.32 Å². The minimum atomic E-state index is -0.653. The van der Waals surface area contributed by atoms with Gasteiger partial charge in [0, 0.05) is 17.7 Å². The molecule has 0 bridgehead atoms. The molecule has 0 saturated carbocycles. The van der Waals surface area contributed by atoms with Gasteiger partial charge in [-0.15, -0.1) is 0 Å². The van der Waals surface area contributed by atoms with Crippen molar-refractivity contribution in [3.63, 3.8) is 0 Å². The van der Waals surface area contributed by atoms with Crippen LogP contribution in [-0.2, 0) is 14.3 Å². The summed E-state index contributed by atoms with van der Waals surface area (Å²) in [7, 11) is 0. The zero-order valence-corrected chi connectivity index (χ0v) is 15.7. The predicted molar refractivity (Wildman–Crippen MR) is 102 cm³/mol. The first-order valence-corrected chi connectivity index (χ1v) is 8.68. The summed E-state index contributed by atoms with van der Waals surface area (Å²) in [6.07, 6.45) is 0.427. The summed E-state index contributed by atoms with van der Waals surface area (Å²) in [5.74, 6) is -0.588. The molecular formula is C21H23NO5. The van der Waals surface area contributed by atoms with Crippen molar-refractivity contribution in [2.24, 2.45) is 0 Å². The largest absolute Gasteiger partial charge is 0.482 e. The van der Waals surface area contributed by atoms with E-state index in [-0.39, 0.29) is 19.0 Å². The Morgan fingerprint density at radius 1 is 0.963 bits per heavy atom. The van der Waals surface area contributed by atoms with Crippen LogP contribution < -0.4 is 10.1 Å². The molecule has 27 heavy (non-hydrogen) atoms. The van der Waals surface area contributed by atoms with Gasteiger partial charge in [-0.2, -0.15) is 0 Å². The molecule has 2 rings (SSSR count). The van der Waals surface area contributed by atoms with Crippen LogP contribution in [0.1, 0.15) is 34.8 Å². The highest BCUT2D eigenvalue weighted by Crippen LogP contribution is 2.17. The number of benzene rings is 2. The molecule has 0 aliphatic rings. The minimum Gasteiger partial charge on any atom is -0.482 e. The van der Waals surface area contributed by atoms with Crippen molar-refractivity contribution in [1.29, 1.82) is 0 Å². The van der Waals surface area contributed by atoms with E-state index in [9.17, 15) is 14.4 Å². The Balaban J connectivity index is 1.76. The fraction of sp³-hybridized carbons (Fsp3) is 0.286. The van der Waals surface area contributed by atoms with Gasteiger partial charge in [-0.05, 0) is 55.3 Å². The monoisotopic (exact) mass is 369 g/mol. The molecule has 0 aliphatic carbocycles. The summed E-state index contributed by atoms with van der Waals surface area (Å²) in [6, 6.07) is 12.1. The second-order valence-corrected chi connectivity index (χ2v) is 6.05. The van der Waals surface area contributed by atoms with E-state index >= 15 is 0 Å². The van der Waals surface area contributed by atoms with Crippen LogP contribution in [0.4, 0.5) is 5.69 Å². The zero-order valence-electron chi connectivity index (χ0n) is 15.7. The Morgan fingerprint density at radius 2 is 1.67 bits per heavy atom. The summed E-state index contributed by atoms with van der Waals surface area (Å²) in [4.78, 5) is 35.2. The van der Waals surface area contributed by atoms with Crippen LogP contribution in [0.25, 0.3) is 0 Å². The van der Waals surface area contributed by atoms with Gasteiger partial charge < -0.3 is 14.8 Å². The summed E-state index contributed by atoms with van der Waals surface area (Å²) < 4.78 is 10.2. The number of ether oxygens (including phenoxy) is 2. The molecule has 0 unspecified atom stereocenters. The maximum Gasteiger partial charge on any atom is 0.344 e. The fourth-order valence-corrected chi connectivity index (χ4v) is 2.34. The highest BCUT2D eigenvalue weighted by Gasteiger charge is 2.11. The first-order chi connectivity index (χ1) is 12.9. The molecule has 0 heterocycles. The number of ketones is 1. The van der Waals surface area contributed by atoms with Gasteiger partial charge in [-0.3, -0.25) is 9.59 Å². The Kier molecular flexibility index (Phi) is 7.11. The lowest BCUT2D eigenvalue weighted by Gasteiger charge is -2.11. The third kappa shape index (κ3) is 5.95. The van der Waals surface area contributed by atoms with Gasteiger partial charge in [0.05, 0.1) is 0 Å². The molecule has 6 heteroatoms. The van der Waals surface area contributed by atoms with Gasteiger partial charge in [-0.25, -0.2) is 4.79 Å². The molecule has 142 valence electrons. The van der Waals surface area contributed by atoms with Gasteiger partial charge in [0.15, 0.2) is 19.0 Å². The van der Waals surface area contributed by atoms with E-state index < -0.39 is 11.9 Å². The smallest absolute Gasteiger partial charge is 0.344 e. The third-order valence-corrected chi connectivity index (χ3v) is 4.10. The van der Waals surface area contributed by atoms with Crippen molar-refractivity contribution in [1.82, 2.24) is 0 Å². The number of amides is 1. The molecule has 2 aromatic rings. The quantitative estimate of drug-likeness (QED) is 0.569. The van der Waals surface area contributed by atoms with Crippen molar-refractivity contribution in [3.8, 4) is 5.75 Å². The van der Waals surface area contributed by atoms with Crippen LogP contribution in [0, 0.1) is 13.8 Å². The minimum absolute atomic E-state index is 0.0378. The van der Waals surface area contributed by atoms with Crippen molar-refractivity contribution >= 4 is 23.3 Å². The number of rotatable bonds is 8. The number of anilines is 1. The van der Waals surface area contributed by atoms with Gasteiger partial charge >= 0.3 is 5.97 Å². The molecule has 0 saturated heterocycles. The van der Waals surface area contributed by atoms with Crippen molar-refractivity contribution < 1.29 is 23.9 Å². The normalized spacial score (nSPS) is 10.2. The van der Waals surface area contributed by atoms with Crippen molar-refractivity contribution in [2.75, 3.05) is 18.5 Å². The Bertz CT molecular complexity index is 827. The lowest BCUT2D eigenvalue weighted by atomic mass is 10.1. The summed E-state index contributed by atoms with van der Waals surface area (Å²) in [5.41, 5.74) is 3.31. The Morgan fingerprint density at radius 3 is 2.33 bits per heavy atom. The lowest BCUT2D eigenvalue weighted by molar-refractivity contribution is -0.149. The van der Waals surface area contributed by atoms with Crippen LogP contribution in [-0.4, -0.2) is 30.9 Å². The second kappa shape index (κ2) is 9.52. The fourth-order valence-electron chi connectivity index (χ4n) is 2.34. The molecule has 0 radical (unpaired) electrons. The van der Waals surface area contributed by atoms with Crippen molar-refractivity contribution in [2.45, 2.75) is 27.2 Å². The zero-order chi connectivity index (χ0) is 19.8. The van der Waals surface area contributed by atoms with Gasteiger partial charge in [-0.1, -0.05) is 19.1 Å². The number of hydrogen-bond acceptors (Lipinski definition) is 5. The number of Topliss-reactive ketones (excluding diaryl/α,β-unsaturated/α-hetero) is 1. The summed E-state index contributed by atoms with van der Waals surface area (Å²) in [6.45, 7) is 4.94. The first-order valence-electron chi connectivity index (χ1n) is 8.68. The lowest BCUT2D eigenvalue weighted by Crippen LogP contribution is -2.24. The molecule has 0 fully saturated rings. The molecule has 6 nitrogen and oxygen atoms in total. The average Bonchev–Trinajstić information content (AvgIpc) is 2.68. The number of aryl methyl sites for hydroxylation is 1. The van der Waals surface area contributed by atoms with Gasteiger partial charge in [0.1, 0.15) is 5.75 Å². The molecule has 0 aromatic heterocycles. The van der Waals surface area contributed by atoms with Gasteiger partial charge in [0.25, 0.3) is 5.91 Å². The van der Waals surface area contributed by atoms with E-state index in [4.69, 9.17) is 9.47 Å². The SMILES string of the molecule is CCC(=O)c1ccc(OCC(=O)OCC(=O)Nc2cccc(C)c2C)cc1. The van der Waals surface area contributed by atoms with E-state index in [0.717, 1.165) is 11.1 Å². The average molecular weight is 369 g/mol. The molecule has 0 aliphatic heterocycles. The number of esters is 1. The maximum absolute atomic E-state index is 11.9. The van der Waals surface area contributed by atoms with E-state index in [1.54, 1.807) is 37.3 Å². The highest BCUT2D eigenvalue weighted by molar-refractivity contribution is 5.96. The number of nitrogens with one attached hydrogen (secondary N) is 1. The Labute approximate surface area is 158 Å². The van der Waals surface area contributed by atoms with Crippen LogP contribution in [0.2, 0.25) is 0 Å². The second-order valence-electron chi connectivity index (χ2n) is 6.05. The topological polar surface area (TPSA) is 81.7 Å². The molecule has 1 N–H and O–H groups in total. The molecule has 0 atom stereocenters. The summed E-state index contributed by atoms with van der Waals surface area (Å²) >= 11 is 0. The number of carbonyl (C=O) groups excluding carboxylic acids is 3. The number of hydrogen-bond donors (Lipinski definition) is 1. The van der Waals surface area contributed by atoms with E-state index in [0.29, 0.717) is 23.4 Å². The summed E-state index contributed by atoms with van der Waals surface area (Å²) in [5, 5.41) is 2.71.